The van der Waals surface area contributed by atoms with Crippen molar-refractivity contribution in [2.24, 2.45) is 0 Å². The fraction of sp³-hybridized carbons (Fsp3) is 0.154. The molecule has 16 heavy (non-hydrogen) atoms. The third-order valence-electron chi connectivity index (χ3n) is 2.42. The maximum atomic E-state index is 5.93. The highest BCUT2D eigenvalue weighted by molar-refractivity contribution is 5.25. The molecule has 3 heteroatoms. The van der Waals surface area contributed by atoms with Gasteiger partial charge in [0.15, 0.2) is 0 Å². The Hall–Kier alpha value is -1.54. The summed E-state index contributed by atoms with van der Waals surface area (Å²) in [4.78, 5) is 0. The zero-order chi connectivity index (χ0) is 10.7. The first-order valence-electron chi connectivity index (χ1n) is 5.05. The van der Waals surface area contributed by atoms with Crippen LogP contribution >= 0.6 is 0 Å². The van der Waals surface area contributed by atoms with Gasteiger partial charge in [-0.15, -0.1) is 0 Å². The van der Waals surface area contributed by atoms with Gasteiger partial charge in [-0.1, -0.05) is 30.3 Å². The highest BCUT2D eigenvalue weighted by atomic mass is 35.5. The molecule has 1 heterocycles. The van der Waals surface area contributed by atoms with Crippen LogP contribution in [0.5, 0.6) is 0 Å². The number of aryl methyl sites for hydroxylation is 1. The second kappa shape index (κ2) is 5.52. The number of rotatable bonds is 2. The van der Waals surface area contributed by atoms with Crippen molar-refractivity contribution < 1.29 is 17.0 Å². The van der Waals surface area contributed by atoms with E-state index in [1.807, 2.05) is 42.0 Å². The van der Waals surface area contributed by atoms with E-state index in [0.29, 0.717) is 0 Å². The van der Waals surface area contributed by atoms with E-state index in [4.69, 9.17) is 5.73 Å². The third kappa shape index (κ3) is 2.97. The lowest BCUT2D eigenvalue weighted by atomic mass is 10.2. The molecule has 0 saturated heterocycles. The van der Waals surface area contributed by atoms with Gasteiger partial charge in [-0.3, -0.25) is 5.73 Å². The zero-order valence-electron chi connectivity index (χ0n) is 9.23. The molecule has 2 nitrogen and oxygen atoms in total. The van der Waals surface area contributed by atoms with Crippen molar-refractivity contribution in [3.8, 4) is 0 Å². The minimum atomic E-state index is 0. The van der Waals surface area contributed by atoms with Crippen molar-refractivity contribution >= 4 is 5.82 Å². The molecule has 0 spiro atoms. The SMILES string of the molecule is Cc1cc[n+](Cc2ccccc2)c(N)c1.[Cl-]. The van der Waals surface area contributed by atoms with E-state index in [-0.39, 0.29) is 12.4 Å². The van der Waals surface area contributed by atoms with Crippen molar-refractivity contribution in [3.05, 3.63) is 59.8 Å². The van der Waals surface area contributed by atoms with Crippen LogP contribution in [0.15, 0.2) is 48.7 Å². The zero-order valence-corrected chi connectivity index (χ0v) is 9.98. The van der Waals surface area contributed by atoms with E-state index in [1.54, 1.807) is 0 Å². The summed E-state index contributed by atoms with van der Waals surface area (Å²) in [7, 11) is 0. The van der Waals surface area contributed by atoms with Gasteiger partial charge in [0.2, 0.25) is 0 Å². The Kier molecular flexibility index (Phi) is 4.32. The van der Waals surface area contributed by atoms with Crippen LogP contribution in [-0.4, -0.2) is 0 Å². The van der Waals surface area contributed by atoms with Crippen LogP contribution in [0.25, 0.3) is 0 Å². The second-order valence-electron chi connectivity index (χ2n) is 3.74. The largest absolute Gasteiger partial charge is 1.00 e. The molecular weight excluding hydrogens is 220 g/mol. The van der Waals surface area contributed by atoms with E-state index in [9.17, 15) is 0 Å². The average molecular weight is 235 g/mol. The molecule has 0 unspecified atom stereocenters. The molecule has 1 aromatic carbocycles. The smallest absolute Gasteiger partial charge is 0.272 e. The van der Waals surface area contributed by atoms with Crippen molar-refractivity contribution in [1.82, 2.24) is 0 Å². The maximum absolute atomic E-state index is 5.93. The standard InChI is InChI=1S/C13H14N2.ClH/c1-11-7-8-15(13(14)9-11)10-12-5-3-2-4-6-12;/h2-9,14H,10H2,1H3;1H. The third-order valence-corrected chi connectivity index (χ3v) is 2.42. The fourth-order valence-corrected chi connectivity index (χ4v) is 1.58. The number of hydrogen-bond acceptors (Lipinski definition) is 1. The number of hydrogen-bond donors (Lipinski definition) is 1. The molecule has 84 valence electrons. The molecule has 0 atom stereocenters. The van der Waals surface area contributed by atoms with Gasteiger partial charge in [-0.05, 0) is 24.1 Å². The molecule has 2 N–H and O–H groups in total. The molecule has 0 aliphatic heterocycles. The van der Waals surface area contributed by atoms with Gasteiger partial charge in [0, 0.05) is 6.07 Å². The van der Waals surface area contributed by atoms with Gasteiger partial charge in [0.25, 0.3) is 5.82 Å². The summed E-state index contributed by atoms with van der Waals surface area (Å²) in [6.45, 7) is 2.87. The second-order valence-corrected chi connectivity index (χ2v) is 3.74. The summed E-state index contributed by atoms with van der Waals surface area (Å²) in [6, 6.07) is 14.4. The highest BCUT2D eigenvalue weighted by Crippen LogP contribution is 2.02. The molecule has 0 amide bonds. The number of aromatic nitrogens is 1. The van der Waals surface area contributed by atoms with Crippen LogP contribution < -0.4 is 22.7 Å². The van der Waals surface area contributed by atoms with Crippen LogP contribution in [0.1, 0.15) is 11.1 Å². The van der Waals surface area contributed by atoms with Gasteiger partial charge in [0.1, 0.15) is 6.54 Å². The molecule has 0 aliphatic carbocycles. The first-order chi connectivity index (χ1) is 7.25. The van der Waals surface area contributed by atoms with Gasteiger partial charge in [-0.2, -0.15) is 0 Å². The molecule has 2 rings (SSSR count). The first kappa shape index (κ1) is 12.5. The number of nitrogen functional groups attached to an aromatic ring is 1. The predicted molar refractivity (Wildman–Crippen MR) is 61.3 cm³/mol. The summed E-state index contributed by atoms with van der Waals surface area (Å²) in [5.74, 6) is 0.804. The quantitative estimate of drug-likeness (QED) is 0.659. The summed E-state index contributed by atoms with van der Waals surface area (Å²) in [5, 5.41) is 0. The molecule has 1 aromatic heterocycles. The van der Waals surface area contributed by atoms with Crippen LogP contribution in [0, 0.1) is 6.92 Å². The number of halogens is 1. The number of benzene rings is 1. The van der Waals surface area contributed by atoms with Gasteiger partial charge in [0.05, 0.1) is 6.20 Å². The Morgan fingerprint density at radius 3 is 2.44 bits per heavy atom. The minimum Gasteiger partial charge on any atom is -1.00 e. The average Bonchev–Trinajstić information content (AvgIpc) is 2.24. The van der Waals surface area contributed by atoms with Crippen molar-refractivity contribution in [2.45, 2.75) is 13.5 Å². The topological polar surface area (TPSA) is 29.9 Å². The van der Waals surface area contributed by atoms with E-state index in [2.05, 4.69) is 18.2 Å². The van der Waals surface area contributed by atoms with Gasteiger partial charge >= 0.3 is 0 Å². The minimum absolute atomic E-state index is 0. The lowest BCUT2D eigenvalue weighted by Crippen LogP contribution is -3.00. The van der Waals surface area contributed by atoms with Crippen molar-refractivity contribution in [3.63, 3.8) is 0 Å². The Labute approximate surface area is 102 Å². The fourth-order valence-electron chi connectivity index (χ4n) is 1.58. The highest BCUT2D eigenvalue weighted by Gasteiger charge is 2.04. The Morgan fingerprint density at radius 2 is 1.81 bits per heavy atom. The van der Waals surface area contributed by atoms with Gasteiger partial charge in [-0.25, -0.2) is 4.57 Å². The lowest BCUT2D eigenvalue weighted by Gasteiger charge is -2.03. The van der Waals surface area contributed by atoms with Crippen LogP contribution in [0.2, 0.25) is 0 Å². The summed E-state index contributed by atoms with van der Waals surface area (Å²) in [6.07, 6.45) is 2.03. The molecule has 0 bridgehead atoms. The van der Waals surface area contributed by atoms with E-state index in [1.165, 1.54) is 11.1 Å². The summed E-state index contributed by atoms with van der Waals surface area (Å²) < 4.78 is 2.04. The normalized spacial score (nSPS) is 9.56. The molecule has 0 aliphatic rings. The first-order valence-corrected chi connectivity index (χ1v) is 5.05. The molecule has 0 saturated carbocycles. The lowest BCUT2D eigenvalue weighted by molar-refractivity contribution is -0.674. The predicted octanol–water partition coefficient (Wildman–Crippen LogP) is -1.08. The number of nitrogens with zero attached hydrogens (tertiary/aromatic N) is 1. The van der Waals surface area contributed by atoms with Crippen molar-refractivity contribution in [1.29, 1.82) is 0 Å². The monoisotopic (exact) mass is 234 g/mol. The van der Waals surface area contributed by atoms with E-state index in [0.717, 1.165) is 12.4 Å². The summed E-state index contributed by atoms with van der Waals surface area (Å²) >= 11 is 0. The Bertz CT molecular complexity index is 455. The van der Waals surface area contributed by atoms with Gasteiger partial charge < -0.3 is 12.4 Å². The maximum Gasteiger partial charge on any atom is 0.272 e. The number of pyridine rings is 1. The molecule has 0 radical (unpaired) electrons. The van der Waals surface area contributed by atoms with Crippen LogP contribution in [0.4, 0.5) is 5.82 Å². The van der Waals surface area contributed by atoms with Crippen LogP contribution in [0.3, 0.4) is 0 Å². The molecule has 2 aromatic rings. The summed E-state index contributed by atoms with van der Waals surface area (Å²) in [5.41, 5.74) is 8.39. The van der Waals surface area contributed by atoms with Crippen LogP contribution in [-0.2, 0) is 6.54 Å². The van der Waals surface area contributed by atoms with E-state index < -0.39 is 0 Å². The number of anilines is 1. The Balaban J connectivity index is 0.00000128. The molecular formula is C13H15ClN2. The van der Waals surface area contributed by atoms with E-state index >= 15 is 0 Å². The Morgan fingerprint density at radius 1 is 1.12 bits per heavy atom. The van der Waals surface area contributed by atoms with Crippen molar-refractivity contribution in [2.75, 3.05) is 5.73 Å². The number of nitrogens with two attached hydrogens (primary N) is 1. The molecule has 0 fully saturated rings.